The van der Waals surface area contributed by atoms with Crippen LogP contribution in [0.15, 0.2) is 23.2 Å². The number of rotatable bonds is 0. The van der Waals surface area contributed by atoms with Gasteiger partial charge in [0.1, 0.15) is 12.6 Å². The molecule has 0 saturated heterocycles. The number of oxazole rings is 1. The summed E-state index contributed by atoms with van der Waals surface area (Å²) in [5.74, 6) is 0.532. The molecule has 4 heteroatoms. The first-order chi connectivity index (χ1) is 3.97. The summed E-state index contributed by atoms with van der Waals surface area (Å²) in [6.07, 6.45) is 4.89. The van der Waals surface area contributed by atoms with Crippen LogP contribution in [-0.4, -0.2) is 14.6 Å². The van der Waals surface area contributed by atoms with Crippen molar-refractivity contribution in [2.75, 3.05) is 0 Å². The highest BCUT2D eigenvalue weighted by molar-refractivity contribution is 5.17. The summed E-state index contributed by atoms with van der Waals surface area (Å²) in [6, 6.07) is 0. The molecular formula is C4H3N3O. The number of fused-ring (bicyclic) bond motifs is 1. The molecule has 0 spiro atoms. The van der Waals surface area contributed by atoms with Gasteiger partial charge in [-0.05, 0) is 0 Å². The molecule has 0 radical (unpaired) electrons. The Kier molecular flexibility index (Phi) is 0.498. The maximum Gasteiger partial charge on any atom is 0.326 e. The molecule has 0 N–H and O–H groups in total. The standard InChI is InChI=1S/C4H3N3O/c1-2-8-4-6-5-3-7(1)4/h1-3H. The molecule has 0 aliphatic rings. The van der Waals surface area contributed by atoms with E-state index in [1.54, 1.807) is 23.2 Å². The van der Waals surface area contributed by atoms with Crippen LogP contribution in [-0.2, 0) is 0 Å². The second kappa shape index (κ2) is 1.09. The van der Waals surface area contributed by atoms with Crippen molar-refractivity contribution in [3.05, 3.63) is 18.8 Å². The molecule has 0 aromatic carbocycles. The van der Waals surface area contributed by atoms with Crippen molar-refractivity contribution in [1.82, 2.24) is 14.6 Å². The lowest BCUT2D eigenvalue weighted by molar-refractivity contribution is 0.592. The van der Waals surface area contributed by atoms with E-state index in [1.165, 1.54) is 0 Å². The molecule has 0 unspecified atom stereocenters. The van der Waals surface area contributed by atoms with Crippen LogP contribution in [0.4, 0.5) is 0 Å². The summed E-state index contributed by atoms with van der Waals surface area (Å²) in [5.41, 5.74) is 0. The number of hydrogen-bond donors (Lipinski definition) is 0. The number of hydrogen-bond acceptors (Lipinski definition) is 3. The lowest BCUT2D eigenvalue weighted by Gasteiger charge is -1.67. The second-order valence-electron chi connectivity index (χ2n) is 1.42. The third-order valence-corrected chi connectivity index (χ3v) is 0.935. The number of aromatic nitrogens is 3. The maximum atomic E-state index is 4.85. The van der Waals surface area contributed by atoms with Gasteiger partial charge in [0.2, 0.25) is 0 Å². The van der Waals surface area contributed by atoms with Gasteiger partial charge < -0.3 is 4.42 Å². The molecule has 0 saturated carbocycles. The fourth-order valence-corrected chi connectivity index (χ4v) is 0.575. The molecule has 2 aromatic rings. The van der Waals surface area contributed by atoms with Gasteiger partial charge in [-0.3, -0.25) is 4.40 Å². The van der Waals surface area contributed by atoms with Gasteiger partial charge >= 0.3 is 5.84 Å². The average molecular weight is 109 g/mol. The first kappa shape index (κ1) is 3.65. The highest BCUT2D eigenvalue weighted by Gasteiger charge is 1.92. The van der Waals surface area contributed by atoms with Gasteiger partial charge in [-0.15, -0.1) is 5.10 Å². The van der Waals surface area contributed by atoms with E-state index in [-0.39, 0.29) is 0 Å². The van der Waals surface area contributed by atoms with Crippen molar-refractivity contribution < 1.29 is 4.42 Å². The second-order valence-corrected chi connectivity index (χ2v) is 1.42. The molecule has 2 heterocycles. The lowest BCUT2D eigenvalue weighted by Crippen LogP contribution is -1.67. The predicted octanol–water partition coefficient (Wildman–Crippen LogP) is 0.322. The number of nitrogens with zero attached hydrogens (tertiary/aromatic N) is 3. The minimum Gasteiger partial charge on any atom is -0.431 e. The van der Waals surface area contributed by atoms with Gasteiger partial charge in [0, 0.05) is 0 Å². The summed E-state index contributed by atoms with van der Waals surface area (Å²) in [5, 5.41) is 7.21. The highest BCUT2D eigenvalue weighted by Crippen LogP contribution is 1.95. The van der Waals surface area contributed by atoms with Crippen LogP contribution in [0.3, 0.4) is 0 Å². The molecule has 0 aliphatic heterocycles. The van der Waals surface area contributed by atoms with Crippen molar-refractivity contribution >= 4 is 5.84 Å². The van der Waals surface area contributed by atoms with E-state index in [0.717, 1.165) is 0 Å². The van der Waals surface area contributed by atoms with Crippen molar-refractivity contribution in [3.63, 3.8) is 0 Å². The maximum absolute atomic E-state index is 4.85. The van der Waals surface area contributed by atoms with Crippen molar-refractivity contribution in [2.24, 2.45) is 0 Å². The SMILES string of the molecule is c1cn2cnnc2o1. The minimum absolute atomic E-state index is 0.532. The van der Waals surface area contributed by atoms with Crippen LogP contribution in [0.5, 0.6) is 0 Å². The van der Waals surface area contributed by atoms with E-state index < -0.39 is 0 Å². The van der Waals surface area contributed by atoms with E-state index in [2.05, 4.69) is 10.2 Å². The molecule has 0 bridgehead atoms. The zero-order valence-corrected chi connectivity index (χ0v) is 3.98. The Bertz CT molecular complexity index is 233. The first-order valence-electron chi connectivity index (χ1n) is 2.19. The van der Waals surface area contributed by atoms with Crippen LogP contribution in [0, 0.1) is 0 Å². The van der Waals surface area contributed by atoms with Gasteiger partial charge in [-0.1, -0.05) is 5.10 Å². The Hall–Kier alpha value is -1.32. The monoisotopic (exact) mass is 109 g/mol. The normalized spacial score (nSPS) is 10.5. The van der Waals surface area contributed by atoms with Gasteiger partial charge in [0.15, 0.2) is 0 Å². The quantitative estimate of drug-likeness (QED) is 0.489. The average Bonchev–Trinajstić information content (AvgIpc) is 2.15. The zero-order valence-electron chi connectivity index (χ0n) is 3.98. The van der Waals surface area contributed by atoms with Crippen molar-refractivity contribution in [1.29, 1.82) is 0 Å². The van der Waals surface area contributed by atoms with E-state index in [9.17, 15) is 0 Å². The third-order valence-electron chi connectivity index (χ3n) is 0.935. The summed E-state index contributed by atoms with van der Waals surface area (Å²) in [7, 11) is 0. The Morgan fingerprint density at radius 2 is 2.62 bits per heavy atom. The van der Waals surface area contributed by atoms with Gasteiger partial charge in [-0.25, -0.2) is 0 Å². The molecule has 0 fully saturated rings. The van der Waals surface area contributed by atoms with Crippen LogP contribution in [0.2, 0.25) is 0 Å². The first-order valence-corrected chi connectivity index (χ1v) is 2.19. The molecule has 0 atom stereocenters. The van der Waals surface area contributed by atoms with Crippen molar-refractivity contribution in [3.8, 4) is 0 Å². The highest BCUT2D eigenvalue weighted by atomic mass is 16.3. The summed E-state index contributed by atoms with van der Waals surface area (Å²) in [6.45, 7) is 0. The smallest absolute Gasteiger partial charge is 0.326 e. The summed E-state index contributed by atoms with van der Waals surface area (Å²) in [4.78, 5) is 0. The summed E-state index contributed by atoms with van der Waals surface area (Å²) >= 11 is 0. The van der Waals surface area contributed by atoms with Crippen LogP contribution in [0.25, 0.3) is 5.84 Å². The fraction of sp³-hybridized carbons (Fsp3) is 0. The molecule has 2 aromatic heterocycles. The summed E-state index contributed by atoms with van der Waals surface area (Å²) < 4.78 is 6.54. The Balaban J connectivity index is 3.06. The van der Waals surface area contributed by atoms with Crippen LogP contribution < -0.4 is 0 Å². The van der Waals surface area contributed by atoms with Gasteiger partial charge in [0.05, 0.1) is 6.20 Å². The Labute approximate surface area is 44.8 Å². The third kappa shape index (κ3) is 0.294. The molecular weight excluding hydrogens is 106 g/mol. The van der Waals surface area contributed by atoms with E-state index in [0.29, 0.717) is 5.84 Å². The van der Waals surface area contributed by atoms with Crippen molar-refractivity contribution in [2.45, 2.75) is 0 Å². The zero-order chi connectivity index (χ0) is 5.40. The molecule has 8 heavy (non-hydrogen) atoms. The van der Waals surface area contributed by atoms with Crippen LogP contribution in [0.1, 0.15) is 0 Å². The molecule has 0 aliphatic carbocycles. The fourth-order valence-electron chi connectivity index (χ4n) is 0.575. The molecule has 2 rings (SSSR count). The Morgan fingerprint density at radius 1 is 1.62 bits per heavy atom. The molecule has 0 amide bonds. The van der Waals surface area contributed by atoms with Crippen LogP contribution >= 0.6 is 0 Å². The largest absolute Gasteiger partial charge is 0.431 e. The van der Waals surface area contributed by atoms with E-state index >= 15 is 0 Å². The molecule has 40 valence electrons. The van der Waals surface area contributed by atoms with E-state index in [4.69, 9.17) is 4.42 Å². The van der Waals surface area contributed by atoms with Gasteiger partial charge in [0.25, 0.3) is 0 Å². The minimum atomic E-state index is 0.532. The predicted molar refractivity (Wildman–Crippen MR) is 25.3 cm³/mol. The Morgan fingerprint density at radius 3 is 3.50 bits per heavy atom. The topological polar surface area (TPSA) is 43.3 Å². The lowest BCUT2D eigenvalue weighted by atomic mass is 10.9. The van der Waals surface area contributed by atoms with Gasteiger partial charge in [-0.2, -0.15) is 0 Å². The molecule has 4 nitrogen and oxygen atoms in total. The van der Waals surface area contributed by atoms with E-state index in [1.807, 2.05) is 0 Å².